The van der Waals surface area contributed by atoms with E-state index >= 15 is 0 Å². The molecular weight excluding hydrogens is 284 g/mol. The van der Waals surface area contributed by atoms with Crippen molar-refractivity contribution in [2.75, 3.05) is 18.8 Å². The molecule has 3 rings (SSSR count). The van der Waals surface area contributed by atoms with Crippen LogP contribution in [0.15, 0.2) is 6.33 Å². The van der Waals surface area contributed by atoms with Gasteiger partial charge in [0, 0.05) is 13.1 Å². The zero-order valence-corrected chi connectivity index (χ0v) is 13.2. The number of likely N-dealkylation sites (tertiary alicyclic amines) is 1. The SMILES string of the molecule is Cc1nn(C2CN(C(=O)OC(C)(C)C)C2)c2ncnc(N)c12. The molecule has 8 nitrogen and oxygen atoms in total. The predicted octanol–water partition coefficient (Wildman–Crippen LogP) is 1.51. The fourth-order valence-corrected chi connectivity index (χ4v) is 2.51. The molecule has 2 N–H and O–H groups in total. The van der Waals surface area contributed by atoms with Gasteiger partial charge in [0.2, 0.25) is 0 Å². The molecule has 2 aromatic rings. The molecule has 1 aliphatic rings. The molecule has 2 aromatic heterocycles. The Kier molecular flexibility index (Phi) is 3.19. The van der Waals surface area contributed by atoms with Crippen LogP contribution in [0.3, 0.4) is 0 Å². The molecule has 0 unspecified atom stereocenters. The van der Waals surface area contributed by atoms with E-state index in [0.29, 0.717) is 24.6 Å². The standard InChI is InChI=1S/C14H20N6O2/c1-8-10-11(15)16-7-17-12(10)20(18-8)9-5-19(6-9)13(21)22-14(2,3)4/h7,9H,5-6H2,1-4H3,(H2,15,16,17). The summed E-state index contributed by atoms with van der Waals surface area (Å²) in [5.41, 5.74) is 6.90. The van der Waals surface area contributed by atoms with Gasteiger partial charge in [-0.05, 0) is 27.7 Å². The summed E-state index contributed by atoms with van der Waals surface area (Å²) in [5, 5.41) is 5.27. The van der Waals surface area contributed by atoms with Gasteiger partial charge in [0.15, 0.2) is 5.65 Å². The fraction of sp³-hybridized carbons (Fsp3) is 0.571. The normalized spacial score (nSPS) is 15.9. The summed E-state index contributed by atoms with van der Waals surface area (Å²) < 4.78 is 7.17. The Morgan fingerprint density at radius 1 is 1.36 bits per heavy atom. The van der Waals surface area contributed by atoms with Crippen molar-refractivity contribution < 1.29 is 9.53 Å². The second-order valence-electron chi connectivity index (χ2n) is 6.53. The molecule has 0 bridgehead atoms. The van der Waals surface area contributed by atoms with E-state index in [1.165, 1.54) is 6.33 Å². The van der Waals surface area contributed by atoms with Gasteiger partial charge in [0.1, 0.15) is 17.7 Å². The molecule has 3 heterocycles. The highest BCUT2D eigenvalue weighted by molar-refractivity contribution is 5.88. The number of hydrogen-bond donors (Lipinski definition) is 1. The van der Waals surface area contributed by atoms with E-state index in [4.69, 9.17) is 10.5 Å². The highest BCUT2D eigenvalue weighted by Gasteiger charge is 2.36. The number of fused-ring (bicyclic) bond motifs is 1. The minimum absolute atomic E-state index is 0.0815. The van der Waals surface area contributed by atoms with Crippen LogP contribution < -0.4 is 5.73 Å². The van der Waals surface area contributed by atoms with Crippen LogP contribution in [0, 0.1) is 6.92 Å². The topological polar surface area (TPSA) is 99.2 Å². The number of anilines is 1. The Morgan fingerprint density at radius 3 is 2.68 bits per heavy atom. The summed E-state index contributed by atoms with van der Waals surface area (Å²) in [6.45, 7) is 8.54. The van der Waals surface area contributed by atoms with Gasteiger partial charge in [-0.3, -0.25) is 0 Å². The monoisotopic (exact) mass is 304 g/mol. The second-order valence-corrected chi connectivity index (χ2v) is 6.53. The van der Waals surface area contributed by atoms with Gasteiger partial charge in [0.05, 0.1) is 17.1 Å². The zero-order valence-electron chi connectivity index (χ0n) is 13.2. The first-order chi connectivity index (χ1) is 10.3. The third-order valence-corrected chi connectivity index (χ3v) is 3.55. The number of aromatic nitrogens is 4. The molecule has 8 heteroatoms. The lowest BCUT2D eigenvalue weighted by Crippen LogP contribution is -2.52. The highest BCUT2D eigenvalue weighted by Crippen LogP contribution is 2.28. The molecule has 0 saturated carbocycles. The molecule has 118 valence electrons. The minimum Gasteiger partial charge on any atom is -0.444 e. The molecule has 1 amide bonds. The largest absolute Gasteiger partial charge is 0.444 e. The van der Waals surface area contributed by atoms with Crippen molar-refractivity contribution in [1.82, 2.24) is 24.6 Å². The highest BCUT2D eigenvalue weighted by atomic mass is 16.6. The summed E-state index contributed by atoms with van der Waals surface area (Å²) >= 11 is 0. The van der Waals surface area contributed by atoms with E-state index < -0.39 is 5.60 Å². The molecule has 0 radical (unpaired) electrons. The van der Waals surface area contributed by atoms with Crippen LogP contribution in [-0.4, -0.2) is 49.4 Å². The van der Waals surface area contributed by atoms with Crippen molar-refractivity contribution in [2.24, 2.45) is 0 Å². The quantitative estimate of drug-likeness (QED) is 0.857. The van der Waals surface area contributed by atoms with Crippen molar-refractivity contribution in [3.05, 3.63) is 12.0 Å². The lowest BCUT2D eigenvalue weighted by atomic mass is 10.1. The first kappa shape index (κ1) is 14.6. The molecule has 22 heavy (non-hydrogen) atoms. The van der Waals surface area contributed by atoms with E-state index in [2.05, 4.69) is 15.1 Å². The maximum absolute atomic E-state index is 12.0. The van der Waals surface area contributed by atoms with Crippen molar-refractivity contribution in [1.29, 1.82) is 0 Å². The molecule has 0 aliphatic carbocycles. The average molecular weight is 304 g/mol. The van der Waals surface area contributed by atoms with Crippen LogP contribution in [0.4, 0.5) is 10.6 Å². The van der Waals surface area contributed by atoms with Crippen LogP contribution in [0.25, 0.3) is 11.0 Å². The number of ether oxygens (including phenoxy) is 1. The first-order valence-corrected chi connectivity index (χ1v) is 7.19. The molecule has 0 aromatic carbocycles. The van der Waals surface area contributed by atoms with Crippen LogP contribution in [0.5, 0.6) is 0 Å². The van der Waals surface area contributed by atoms with Gasteiger partial charge in [-0.2, -0.15) is 5.10 Å². The Hall–Kier alpha value is -2.38. The lowest BCUT2D eigenvalue weighted by Gasteiger charge is -2.39. The summed E-state index contributed by atoms with van der Waals surface area (Å²) in [4.78, 5) is 21.9. The van der Waals surface area contributed by atoms with E-state index in [1.54, 1.807) is 4.90 Å². The Bertz CT molecular complexity index is 727. The molecule has 1 fully saturated rings. The predicted molar refractivity (Wildman–Crippen MR) is 81.3 cm³/mol. The molecule has 1 aliphatic heterocycles. The van der Waals surface area contributed by atoms with Crippen molar-refractivity contribution in [2.45, 2.75) is 39.3 Å². The van der Waals surface area contributed by atoms with Gasteiger partial charge < -0.3 is 15.4 Å². The maximum atomic E-state index is 12.0. The second kappa shape index (κ2) is 4.82. The van der Waals surface area contributed by atoms with Crippen LogP contribution in [-0.2, 0) is 4.74 Å². The van der Waals surface area contributed by atoms with Gasteiger partial charge in [-0.15, -0.1) is 0 Å². The third kappa shape index (κ3) is 2.44. The maximum Gasteiger partial charge on any atom is 0.410 e. The number of nitrogen functional groups attached to an aromatic ring is 1. The van der Waals surface area contributed by atoms with E-state index in [-0.39, 0.29) is 12.1 Å². The van der Waals surface area contributed by atoms with E-state index in [1.807, 2.05) is 32.4 Å². The summed E-state index contributed by atoms with van der Waals surface area (Å²) in [6.07, 6.45) is 1.13. The average Bonchev–Trinajstić information content (AvgIpc) is 2.64. The summed E-state index contributed by atoms with van der Waals surface area (Å²) in [7, 11) is 0. The Balaban J connectivity index is 1.76. The van der Waals surface area contributed by atoms with Crippen molar-refractivity contribution >= 4 is 22.9 Å². The smallest absolute Gasteiger partial charge is 0.410 e. The Morgan fingerprint density at radius 2 is 2.05 bits per heavy atom. The summed E-state index contributed by atoms with van der Waals surface area (Å²) in [6, 6.07) is 0.0815. The van der Waals surface area contributed by atoms with Gasteiger partial charge >= 0.3 is 6.09 Å². The first-order valence-electron chi connectivity index (χ1n) is 7.19. The van der Waals surface area contributed by atoms with Crippen molar-refractivity contribution in [3.63, 3.8) is 0 Å². The number of amides is 1. The minimum atomic E-state index is -0.487. The molecule has 0 spiro atoms. The summed E-state index contributed by atoms with van der Waals surface area (Å²) in [5.74, 6) is 0.428. The van der Waals surface area contributed by atoms with Crippen LogP contribution in [0.2, 0.25) is 0 Å². The van der Waals surface area contributed by atoms with Gasteiger partial charge in [0.25, 0.3) is 0 Å². The molecule has 1 saturated heterocycles. The van der Waals surface area contributed by atoms with Crippen LogP contribution in [0.1, 0.15) is 32.5 Å². The number of rotatable bonds is 1. The number of carbonyl (C=O) groups excluding carboxylic acids is 1. The molecule has 0 atom stereocenters. The van der Waals surface area contributed by atoms with Gasteiger partial charge in [-0.1, -0.05) is 0 Å². The van der Waals surface area contributed by atoms with Crippen LogP contribution >= 0.6 is 0 Å². The number of aryl methyl sites for hydroxylation is 1. The number of carbonyl (C=O) groups is 1. The molecular formula is C14H20N6O2. The van der Waals surface area contributed by atoms with E-state index in [9.17, 15) is 4.79 Å². The fourth-order valence-electron chi connectivity index (χ4n) is 2.51. The van der Waals surface area contributed by atoms with Crippen molar-refractivity contribution in [3.8, 4) is 0 Å². The number of nitrogens with zero attached hydrogens (tertiary/aromatic N) is 5. The Labute approximate surface area is 128 Å². The third-order valence-electron chi connectivity index (χ3n) is 3.55. The zero-order chi connectivity index (χ0) is 16.1. The number of hydrogen-bond acceptors (Lipinski definition) is 6. The van der Waals surface area contributed by atoms with E-state index in [0.717, 1.165) is 11.1 Å². The number of nitrogens with two attached hydrogens (primary N) is 1. The lowest BCUT2D eigenvalue weighted by molar-refractivity contribution is 0.0000610. The van der Waals surface area contributed by atoms with Gasteiger partial charge in [-0.25, -0.2) is 19.4 Å².